The molecule has 0 aromatic heterocycles. The van der Waals surface area contributed by atoms with Crippen LogP contribution < -0.4 is 5.32 Å². The van der Waals surface area contributed by atoms with Crippen molar-refractivity contribution in [1.29, 1.82) is 0 Å². The quantitative estimate of drug-likeness (QED) is 0.836. The molecular weight excluding hydrogens is 312 g/mol. The molecule has 0 aromatic rings. The molecule has 0 bridgehead atoms. The van der Waals surface area contributed by atoms with E-state index in [1.807, 2.05) is 6.92 Å². The van der Waals surface area contributed by atoms with E-state index in [1.165, 1.54) is 12.8 Å². The van der Waals surface area contributed by atoms with Gasteiger partial charge in [-0.1, -0.05) is 6.92 Å². The van der Waals surface area contributed by atoms with Gasteiger partial charge in [0.25, 0.3) is 0 Å². The van der Waals surface area contributed by atoms with Crippen LogP contribution in [-0.2, 0) is 14.6 Å². The van der Waals surface area contributed by atoms with Gasteiger partial charge in [-0.3, -0.25) is 4.79 Å². The molecule has 0 spiro atoms. The third kappa shape index (κ3) is 5.11. The number of hydrogen-bond donors (Lipinski definition) is 1. The summed E-state index contributed by atoms with van der Waals surface area (Å²) in [6, 6.07) is -0.182. The van der Waals surface area contributed by atoms with Gasteiger partial charge < -0.3 is 10.2 Å². The van der Waals surface area contributed by atoms with Crippen LogP contribution >= 0.6 is 12.4 Å². The molecule has 1 N–H and O–H groups in total. The van der Waals surface area contributed by atoms with Crippen LogP contribution in [0.1, 0.15) is 33.1 Å². The number of halogens is 1. The van der Waals surface area contributed by atoms with Crippen LogP contribution in [0, 0.1) is 11.8 Å². The van der Waals surface area contributed by atoms with Gasteiger partial charge in [0, 0.05) is 19.0 Å². The summed E-state index contributed by atoms with van der Waals surface area (Å²) in [5.41, 5.74) is 0. The van der Waals surface area contributed by atoms with Gasteiger partial charge in [0.15, 0.2) is 9.84 Å². The molecular formula is C14H27ClN2O3S. The minimum absolute atomic E-state index is 0. The summed E-state index contributed by atoms with van der Waals surface area (Å²) in [5.74, 6) is 1.27. The summed E-state index contributed by atoms with van der Waals surface area (Å²) in [7, 11) is -2.95. The van der Waals surface area contributed by atoms with Crippen LogP contribution in [0.2, 0.25) is 0 Å². The fraction of sp³-hybridized carbons (Fsp3) is 0.929. The minimum atomic E-state index is -2.95. The lowest BCUT2D eigenvalue weighted by Crippen LogP contribution is -2.50. The molecule has 0 aliphatic carbocycles. The Labute approximate surface area is 134 Å². The summed E-state index contributed by atoms with van der Waals surface area (Å²) < 4.78 is 23.1. The Balaban J connectivity index is 0.00000220. The highest BCUT2D eigenvalue weighted by atomic mass is 35.5. The second-order valence-corrected chi connectivity index (χ2v) is 8.57. The molecule has 7 heteroatoms. The van der Waals surface area contributed by atoms with Gasteiger partial charge in [0.2, 0.25) is 5.91 Å². The molecule has 5 nitrogen and oxygen atoms in total. The van der Waals surface area contributed by atoms with Crippen molar-refractivity contribution < 1.29 is 13.2 Å². The van der Waals surface area contributed by atoms with Crippen LogP contribution in [0.15, 0.2) is 0 Å². The summed E-state index contributed by atoms with van der Waals surface area (Å²) in [6.45, 7) is 6.41. The van der Waals surface area contributed by atoms with E-state index in [-0.39, 0.29) is 35.9 Å². The number of nitrogens with zero attached hydrogens (tertiary/aromatic N) is 1. The molecule has 3 atom stereocenters. The third-order valence-corrected chi connectivity index (χ3v) is 6.42. The Morgan fingerprint density at radius 1 is 1.43 bits per heavy atom. The van der Waals surface area contributed by atoms with E-state index in [9.17, 15) is 13.2 Å². The monoisotopic (exact) mass is 338 g/mol. The maximum atomic E-state index is 12.4. The second-order valence-electron chi connectivity index (χ2n) is 6.34. The lowest BCUT2D eigenvalue weighted by molar-refractivity contribution is -0.134. The molecule has 0 saturated carbocycles. The van der Waals surface area contributed by atoms with Gasteiger partial charge in [-0.15, -0.1) is 12.4 Å². The van der Waals surface area contributed by atoms with Crippen LogP contribution in [0.4, 0.5) is 0 Å². The standard InChI is InChI=1S/C14H26N2O3S.ClH/c1-11(13-4-3-5-15-9-13)8-14(17)16-6-7-20(18,19)10-12(16)2;/h11-13,15H,3-10H2,1-2H3;1H. The second kappa shape index (κ2) is 7.79. The number of amides is 1. The van der Waals surface area contributed by atoms with Crippen molar-refractivity contribution in [2.24, 2.45) is 11.8 Å². The van der Waals surface area contributed by atoms with E-state index in [4.69, 9.17) is 0 Å². The van der Waals surface area contributed by atoms with Crippen molar-refractivity contribution in [3.63, 3.8) is 0 Å². The van der Waals surface area contributed by atoms with Crippen molar-refractivity contribution >= 4 is 28.2 Å². The van der Waals surface area contributed by atoms with Crippen LogP contribution in [-0.4, -0.2) is 56.4 Å². The van der Waals surface area contributed by atoms with Crippen LogP contribution in [0.5, 0.6) is 0 Å². The van der Waals surface area contributed by atoms with Gasteiger partial charge in [-0.05, 0) is 44.7 Å². The Morgan fingerprint density at radius 3 is 2.71 bits per heavy atom. The molecule has 2 aliphatic heterocycles. The van der Waals surface area contributed by atoms with E-state index in [1.54, 1.807) is 4.90 Å². The topological polar surface area (TPSA) is 66.5 Å². The zero-order valence-corrected chi connectivity index (χ0v) is 14.5. The lowest BCUT2D eigenvalue weighted by Gasteiger charge is -2.35. The SMILES string of the molecule is CC(CC(=O)N1CCS(=O)(=O)CC1C)C1CCCNC1.Cl. The van der Waals surface area contributed by atoms with Crippen LogP contribution in [0.25, 0.3) is 0 Å². The fourth-order valence-corrected chi connectivity index (χ4v) is 4.85. The Hall–Kier alpha value is -0.330. The number of piperidine rings is 1. The highest BCUT2D eigenvalue weighted by Gasteiger charge is 2.32. The smallest absolute Gasteiger partial charge is 0.223 e. The number of sulfone groups is 1. The summed E-state index contributed by atoms with van der Waals surface area (Å²) >= 11 is 0. The fourth-order valence-electron chi connectivity index (χ4n) is 3.29. The average molecular weight is 339 g/mol. The Bertz CT molecular complexity index is 449. The number of nitrogens with one attached hydrogen (secondary N) is 1. The predicted molar refractivity (Wildman–Crippen MR) is 86.5 cm³/mol. The molecule has 2 heterocycles. The molecule has 1 amide bonds. The Kier molecular flexibility index (Phi) is 6.94. The van der Waals surface area contributed by atoms with Gasteiger partial charge in [0.1, 0.15) is 0 Å². The van der Waals surface area contributed by atoms with Crippen molar-refractivity contribution in [1.82, 2.24) is 10.2 Å². The number of hydrogen-bond acceptors (Lipinski definition) is 4. The molecule has 0 aromatic carbocycles. The largest absolute Gasteiger partial charge is 0.338 e. The first-order valence-electron chi connectivity index (χ1n) is 7.59. The van der Waals surface area contributed by atoms with E-state index in [0.717, 1.165) is 13.1 Å². The van der Waals surface area contributed by atoms with E-state index in [0.29, 0.717) is 24.8 Å². The van der Waals surface area contributed by atoms with Crippen molar-refractivity contribution in [3.8, 4) is 0 Å². The molecule has 2 fully saturated rings. The Morgan fingerprint density at radius 2 is 2.14 bits per heavy atom. The molecule has 2 aliphatic rings. The first kappa shape index (κ1) is 18.7. The molecule has 3 unspecified atom stereocenters. The number of carbonyl (C=O) groups is 1. The van der Waals surface area contributed by atoms with Gasteiger partial charge in [0.05, 0.1) is 11.5 Å². The molecule has 2 saturated heterocycles. The molecule has 21 heavy (non-hydrogen) atoms. The number of rotatable bonds is 3. The summed E-state index contributed by atoms with van der Waals surface area (Å²) in [6.07, 6.45) is 2.91. The molecule has 2 rings (SSSR count). The van der Waals surface area contributed by atoms with E-state index in [2.05, 4.69) is 12.2 Å². The van der Waals surface area contributed by atoms with Gasteiger partial charge >= 0.3 is 0 Å². The summed E-state index contributed by atoms with van der Waals surface area (Å²) in [4.78, 5) is 14.1. The van der Waals surface area contributed by atoms with E-state index >= 15 is 0 Å². The van der Waals surface area contributed by atoms with Crippen molar-refractivity contribution in [3.05, 3.63) is 0 Å². The highest BCUT2D eigenvalue weighted by molar-refractivity contribution is 7.91. The summed E-state index contributed by atoms with van der Waals surface area (Å²) in [5, 5.41) is 3.38. The highest BCUT2D eigenvalue weighted by Crippen LogP contribution is 2.24. The maximum absolute atomic E-state index is 12.4. The van der Waals surface area contributed by atoms with E-state index < -0.39 is 9.84 Å². The normalized spacial score (nSPS) is 30.3. The lowest BCUT2D eigenvalue weighted by atomic mass is 9.85. The zero-order chi connectivity index (χ0) is 14.8. The van der Waals surface area contributed by atoms with Crippen LogP contribution in [0.3, 0.4) is 0 Å². The predicted octanol–water partition coefficient (Wildman–Crippen LogP) is 1.08. The van der Waals surface area contributed by atoms with Crippen molar-refractivity contribution in [2.45, 2.75) is 39.2 Å². The first-order valence-corrected chi connectivity index (χ1v) is 9.42. The average Bonchev–Trinajstić information content (AvgIpc) is 2.38. The third-order valence-electron chi connectivity index (χ3n) is 4.63. The first-order chi connectivity index (χ1) is 9.39. The minimum Gasteiger partial charge on any atom is -0.338 e. The van der Waals surface area contributed by atoms with Gasteiger partial charge in [-0.2, -0.15) is 0 Å². The number of carbonyl (C=O) groups excluding carboxylic acids is 1. The van der Waals surface area contributed by atoms with Gasteiger partial charge in [-0.25, -0.2) is 8.42 Å². The molecule has 124 valence electrons. The molecule has 0 radical (unpaired) electrons. The zero-order valence-electron chi connectivity index (χ0n) is 12.9. The maximum Gasteiger partial charge on any atom is 0.223 e. The van der Waals surface area contributed by atoms with Crippen molar-refractivity contribution in [2.75, 3.05) is 31.1 Å².